The zero-order valence-corrected chi connectivity index (χ0v) is 31.3. The Morgan fingerprint density at radius 1 is 0.980 bits per heavy atom. The fraction of sp³-hybridized carbons (Fsp3) is 0.436. The van der Waals surface area contributed by atoms with Gasteiger partial charge in [0, 0.05) is 29.8 Å². The van der Waals surface area contributed by atoms with Gasteiger partial charge in [-0.15, -0.1) is 0 Å². The number of carbonyl (C=O) groups is 1. The largest absolute Gasteiger partial charge is 0.475 e. The molecule has 1 amide bonds. The van der Waals surface area contributed by atoms with Crippen molar-refractivity contribution in [2.75, 3.05) is 22.8 Å². The fourth-order valence-electron chi connectivity index (χ4n) is 6.40. The van der Waals surface area contributed by atoms with E-state index in [1.165, 1.54) is 12.1 Å². The van der Waals surface area contributed by atoms with Crippen molar-refractivity contribution in [3.63, 3.8) is 0 Å². The predicted octanol–water partition coefficient (Wildman–Crippen LogP) is 7.81. The number of pyridine rings is 1. The standard InChI is InChI=1S/C39H50N6O4S/c1-9-10-20-44(26(2)3)34-19-13-17-30(40-34)24-45-31(23-39(6,7)8)25-49-35-22-33(36-27(4)14-11-15-28(36)5)41-38(42-35)43-50(47,48)32-18-12-16-29(21-32)37(45)46/h11-19,21-22,26,31H,9-10,20,23-25H2,1-8H3,(H,41,42,43)/t31-/m1/s1. The Hall–Kier alpha value is -4.51. The number of aryl methyl sites for hydroxylation is 2. The van der Waals surface area contributed by atoms with Gasteiger partial charge in [-0.3, -0.25) is 4.79 Å². The molecule has 2 aromatic heterocycles. The highest BCUT2D eigenvalue weighted by atomic mass is 32.2. The maximum Gasteiger partial charge on any atom is 0.264 e. The first-order valence-corrected chi connectivity index (χ1v) is 18.9. The van der Waals surface area contributed by atoms with E-state index in [-0.39, 0.29) is 52.8 Å². The molecular formula is C39H50N6O4S. The van der Waals surface area contributed by atoms with Gasteiger partial charge in [-0.25, -0.2) is 23.1 Å². The third-order valence-electron chi connectivity index (χ3n) is 8.82. The number of aromatic nitrogens is 3. The van der Waals surface area contributed by atoms with Crippen molar-refractivity contribution in [3.8, 4) is 17.1 Å². The number of benzene rings is 2. The molecule has 2 aromatic carbocycles. The monoisotopic (exact) mass is 698 g/mol. The fourth-order valence-corrected chi connectivity index (χ4v) is 7.39. The molecule has 3 heterocycles. The van der Waals surface area contributed by atoms with Gasteiger partial charge in [0.15, 0.2) is 0 Å². The lowest BCUT2D eigenvalue weighted by molar-refractivity contribution is 0.0509. The minimum absolute atomic E-state index is 0.0675. The third kappa shape index (κ3) is 8.79. The number of amides is 1. The molecule has 11 heteroatoms. The van der Waals surface area contributed by atoms with Gasteiger partial charge in [-0.1, -0.05) is 64.4 Å². The van der Waals surface area contributed by atoms with E-state index in [2.05, 4.69) is 61.1 Å². The molecule has 0 saturated heterocycles. The van der Waals surface area contributed by atoms with E-state index in [1.54, 1.807) is 23.1 Å². The first-order chi connectivity index (χ1) is 23.6. The van der Waals surface area contributed by atoms with Crippen molar-refractivity contribution < 1.29 is 17.9 Å². The number of nitrogens with one attached hydrogen (secondary N) is 1. The van der Waals surface area contributed by atoms with E-state index in [0.29, 0.717) is 12.1 Å². The van der Waals surface area contributed by atoms with Crippen molar-refractivity contribution in [1.82, 2.24) is 19.9 Å². The molecule has 0 saturated carbocycles. The Balaban J connectivity index is 1.64. The van der Waals surface area contributed by atoms with Crippen LogP contribution in [0.1, 0.15) is 88.0 Å². The van der Waals surface area contributed by atoms with Crippen molar-refractivity contribution in [2.45, 2.75) is 98.2 Å². The molecule has 50 heavy (non-hydrogen) atoms. The Kier molecular flexibility index (Phi) is 11.2. The van der Waals surface area contributed by atoms with Crippen LogP contribution in [-0.2, 0) is 16.6 Å². The summed E-state index contributed by atoms with van der Waals surface area (Å²) in [4.78, 5) is 32.8. The van der Waals surface area contributed by atoms with Crippen LogP contribution in [0.15, 0.2) is 71.6 Å². The molecule has 1 aliphatic rings. The van der Waals surface area contributed by atoms with Gasteiger partial charge in [-0.05, 0) is 87.4 Å². The summed E-state index contributed by atoms with van der Waals surface area (Å²) < 4.78 is 36.5. The zero-order valence-electron chi connectivity index (χ0n) is 30.5. The normalized spacial score (nSPS) is 16.1. The van der Waals surface area contributed by atoms with Crippen molar-refractivity contribution in [3.05, 3.63) is 89.1 Å². The molecule has 0 spiro atoms. The molecule has 0 aliphatic carbocycles. The van der Waals surface area contributed by atoms with E-state index >= 15 is 0 Å². The number of anilines is 2. The van der Waals surface area contributed by atoms with Crippen LogP contribution in [-0.4, -0.2) is 59.4 Å². The maximum absolute atomic E-state index is 14.6. The minimum Gasteiger partial charge on any atom is -0.475 e. The highest BCUT2D eigenvalue weighted by molar-refractivity contribution is 7.92. The number of hydrogen-bond donors (Lipinski definition) is 1. The number of nitrogens with zero attached hydrogens (tertiary/aromatic N) is 5. The SMILES string of the molecule is CCCCN(c1cccc(CN2C(=O)c3cccc(c3)S(=O)(=O)Nc3nc(cc(-c4c(C)cccc4C)n3)OC[C@H]2CC(C)(C)C)n1)C(C)C. The van der Waals surface area contributed by atoms with Crippen molar-refractivity contribution >= 4 is 27.7 Å². The number of ether oxygens (including phenoxy) is 1. The molecule has 1 N–H and O–H groups in total. The molecule has 10 nitrogen and oxygen atoms in total. The predicted molar refractivity (Wildman–Crippen MR) is 199 cm³/mol. The van der Waals surface area contributed by atoms with Crippen LogP contribution in [0.2, 0.25) is 0 Å². The Bertz CT molecular complexity index is 1920. The van der Waals surface area contributed by atoms with Crippen LogP contribution in [0, 0.1) is 19.3 Å². The first kappa shape index (κ1) is 36.8. The lowest BCUT2D eigenvalue weighted by atomic mass is 9.87. The van der Waals surface area contributed by atoms with E-state index in [9.17, 15) is 13.2 Å². The quantitative estimate of drug-likeness (QED) is 0.188. The summed E-state index contributed by atoms with van der Waals surface area (Å²) in [5.41, 5.74) is 4.16. The molecule has 4 aromatic rings. The number of fused-ring (bicyclic) bond motifs is 4. The maximum atomic E-state index is 14.6. The average molecular weight is 699 g/mol. The number of carbonyl (C=O) groups excluding carboxylic acids is 1. The molecule has 0 radical (unpaired) electrons. The zero-order chi connectivity index (χ0) is 36.2. The van der Waals surface area contributed by atoms with E-state index in [1.807, 2.05) is 50.2 Å². The molecule has 1 aliphatic heterocycles. The average Bonchev–Trinajstić information content (AvgIpc) is 3.04. The molecular weight excluding hydrogens is 649 g/mol. The summed E-state index contributed by atoms with van der Waals surface area (Å²) in [6.45, 7) is 18.0. The van der Waals surface area contributed by atoms with Crippen LogP contribution >= 0.6 is 0 Å². The summed E-state index contributed by atoms with van der Waals surface area (Å²) >= 11 is 0. The number of rotatable bonds is 9. The molecule has 5 rings (SSSR count). The van der Waals surface area contributed by atoms with Gasteiger partial charge in [0.05, 0.1) is 28.9 Å². The van der Waals surface area contributed by atoms with Crippen molar-refractivity contribution in [1.29, 1.82) is 0 Å². The molecule has 4 bridgehead atoms. The molecule has 1 atom stereocenters. The molecule has 266 valence electrons. The second kappa shape index (κ2) is 15.2. The lowest BCUT2D eigenvalue weighted by Gasteiger charge is -2.36. The van der Waals surface area contributed by atoms with Gasteiger partial charge in [0.1, 0.15) is 12.4 Å². The summed E-state index contributed by atoms with van der Waals surface area (Å²) in [5, 5.41) is 0. The van der Waals surface area contributed by atoms with Crippen LogP contribution in [0.3, 0.4) is 0 Å². The third-order valence-corrected chi connectivity index (χ3v) is 10.2. The van der Waals surface area contributed by atoms with Crippen LogP contribution in [0.4, 0.5) is 11.8 Å². The van der Waals surface area contributed by atoms with Gasteiger partial charge >= 0.3 is 0 Å². The summed E-state index contributed by atoms with van der Waals surface area (Å²) in [7, 11) is -4.17. The molecule has 0 fully saturated rings. The van der Waals surface area contributed by atoms with E-state index in [0.717, 1.165) is 47.6 Å². The molecule has 0 unspecified atom stereocenters. The van der Waals surface area contributed by atoms with Crippen LogP contribution in [0.25, 0.3) is 11.3 Å². The Labute approximate surface area is 297 Å². The number of sulfonamides is 1. The van der Waals surface area contributed by atoms with E-state index < -0.39 is 16.1 Å². The second-order valence-electron chi connectivity index (χ2n) is 14.6. The Morgan fingerprint density at radius 3 is 2.36 bits per heavy atom. The number of unbranched alkanes of at least 4 members (excludes halogenated alkanes) is 1. The van der Waals surface area contributed by atoms with Gasteiger partial charge in [0.2, 0.25) is 11.8 Å². The van der Waals surface area contributed by atoms with Crippen LogP contribution < -0.4 is 14.4 Å². The van der Waals surface area contributed by atoms with Gasteiger partial charge in [0.25, 0.3) is 15.9 Å². The number of hydrogen-bond acceptors (Lipinski definition) is 8. The highest BCUT2D eigenvalue weighted by Crippen LogP contribution is 2.32. The lowest BCUT2D eigenvalue weighted by Crippen LogP contribution is -2.45. The van der Waals surface area contributed by atoms with Crippen molar-refractivity contribution in [2.24, 2.45) is 5.41 Å². The van der Waals surface area contributed by atoms with Crippen LogP contribution in [0.5, 0.6) is 5.88 Å². The minimum atomic E-state index is -4.17. The summed E-state index contributed by atoms with van der Waals surface area (Å²) in [5.74, 6) is 0.641. The van der Waals surface area contributed by atoms with Gasteiger partial charge in [-0.2, -0.15) is 4.98 Å². The summed E-state index contributed by atoms with van der Waals surface area (Å²) in [6.07, 6.45) is 2.72. The first-order valence-electron chi connectivity index (χ1n) is 17.4. The Morgan fingerprint density at radius 2 is 1.68 bits per heavy atom. The highest BCUT2D eigenvalue weighted by Gasteiger charge is 2.32. The van der Waals surface area contributed by atoms with Gasteiger partial charge < -0.3 is 14.5 Å². The topological polar surface area (TPSA) is 118 Å². The van der Waals surface area contributed by atoms with E-state index in [4.69, 9.17) is 9.72 Å². The second-order valence-corrected chi connectivity index (χ2v) is 16.3. The summed E-state index contributed by atoms with van der Waals surface area (Å²) in [6, 6.07) is 19.5. The smallest absolute Gasteiger partial charge is 0.264 e.